The summed E-state index contributed by atoms with van der Waals surface area (Å²) in [7, 11) is 0. The second-order valence-electron chi connectivity index (χ2n) is 20.5. The standard InChI is InChI=1S/C53H97N23O8/c54-23-7-3-17-36(43(59)77)70-45(79)38(19-5-9-25-56)75-50(84)42(30-32-31-69-35-16-2-1-14-33(32)35)76-49(83)39(20-6-10-26-57)72-47(81)40(21-12-28-67-52(62)63)74-48(82)41(22-13-29-68-53(64)65)73-46(80)37(18-4-8-24-55)71-44(78)34(58)15-11-27-66-51(60)61/h1-2,14,16,31,34,36-42,69H,3-13,15,17-30,54-58H2,(H2,59,77)(H,70,79)(H,71,78)(H,72,81)(H,73,80)(H,74,82)(H,75,84)(H,76,83)(H4,60,61,66)(H4,62,63,67)(H4,64,65,68)/t34-,36-,37-,38-,39-,40-,41-,42-/m0/s1. The summed E-state index contributed by atoms with van der Waals surface area (Å²) in [5.74, 6) is -6.54. The molecular weight excluding hydrogens is 1090 g/mol. The van der Waals surface area contributed by atoms with Gasteiger partial charge in [-0.05, 0) is 153 Å². The van der Waals surface area contributed by atoms with Crippen LogP contribution in [0.15, 0.2) is 45.4 Å². The average molecular weight is 1180 g/mol. The number of unbranched alkanes of at least 4 members (excludes halogenated alkanes) is 4. The van der Waals surface area contributed by atoms with E-state index in [0.29, 0.717) is 83.0 Å². The number of nitrogens with zero attached hydrogens (tertiary/aromatic N) is 3. The molecular formula is C53H97N23O8. The van der Waals surface area contributed by atoms with Crippen LogP contribution < -0.4 is 106 Å². The SMILES string of the molecule is NCCCC[C@H](NC(=O)[C@H](CCCCN)NC(=O)[C@H](Cc1c[nH]c2ccccc12)NC(=O)[C@H](CCCCN)NC(=O)[C@H](CCCN=C(N)N)NC(=O)[C@H](CCCN=C(N)N)NC(=O)[C@H](CCCCN)NC(=O)[C@@H](N)CCCN=C(N)N)C(N)=O. The van der Waals surface area contributed by atoms with Gasteiger partial charge in [-0.15, -0.1) is 0 Å². The van der Waals surface area contributed by atoms with Gasteiger partial charge in [-0.3, -0.25) is 53.3 Å². The molecule has 32 N–H and O–H groups in total. The number of primary amides is 1. The highest BCUT2D eigenvalue weighted by Gasteiger charge is 2.35. The Labute approximate surface area is 491 Å². The molecule has 31 nitrogen and oxygen atoms in total. The van der Waals surface area contributed by atoms with Gasteiger partial charge >= 0.3 is 0 Å². The van der Waals surface area contributed by atoms with E-state index in [9.17, 15) is 38.4 Å². The van der Waals surface area contributed by atoms with Crippen LogP contribution in [0.4, 0.5) is 0 Å². The lowest BCUT2D eigenvalue weighted by molar-refractivity contribution is -0.136. The molecule has 0 radical (unpaired) electrons. The number of hydrogen-bond donors (Lipinski definition) is 20. The smallest absolute Gasteiger partial charge is 0.243 e. The highest BCUT2D eigenvalue weighted by atomic mass is 16.2. The van der Waals surface area contributed by atoms with E-state index in [0.717, 1.165) is 10.9 Å². The number of H-pyrrole nitrogens is 1. The number of aromatic amines is 1. The fraction of sp³-hybridized carbons (Fsp3) is 0.642. The summed E-state index contributed by atoms with van der Waals surface area (Å²) in [4.78, 5) is 128. The van der Waals surface area contributed by atoms with Gasteiger partial charge in [0.05, 0.1) is 6.04 Å². The van der Waals surface area contributed by atoms with Crippen LogP contribution in [0.25, 0.3) is 10.9 Å². The zero-order chi connectivity index (χ0) is 62.4. The molecule has 0 aliphatic rings. The maximum Gasteiger partial charge on any atom is 0.243 e. The second kappa shape index (κ2) is 41.2. The van der Waals surface area contributed by atoms with Crippen LogP contribution >= 0.6 is 0 Å². The van der Waals surface area contributed by atoms with E-state index >= 15 is 0 Å². The number of guanidine groups is 3. The minimum Gasteiger partial charge on any atom is -0.370 e. The number of amides is 8. The highest BCUT2D eigenvalue weighted by Crippen LogP contribution is 2.20. The van der Waals surface area contributed by atoms with Gasteiger partial charge in [-0.1, -0.05) is 18.2 Å². The van der Waals surface area contributed by atoms with Crippen LogP contribution in [0, 0.1) is 0 Å². The van der Waals surface area contributed by atoms with Gasteiger partial charge in [0.25, 0.3) is 0 Å². The molecule has 84 heavy (non-hydrogen) atoms. The van der Waals surface area contributed by atoms with E-state index < -0.39 is 95.6 Å². The third-order valence-electron chi connectivity index (χ3n) is 13.5. The Kier molecular flexibility index (Phi) is 35.4. The number of carbonyl (C=O) groups is 8. The molecule has 1 aromatic heterocycles. The first-order valence-electron chi connectivity index (χ1n) is 28.8. The molecule has 8 amide bonds. The summed E-state index contributed by atoms with van der Waals surface area (Å²) in [5, 5.41) is 20.0. The fourth-order valence-electron chi connectivity index (χ4n) is 8.90. The summed E-state index contributed by atoms with van der Waals surface area (Å²) < 4.78 is 0. The van der Waals surface area contributed by atoms with Crippen molar-refractivity contribution in [1.29, 1.82) is 0 Å². The molecule has 0 fully saturated rings. The van der Waals surface area contributed by atoms with Crippen molar-refractivity contribution < 1.29 is 38.4 Å². The third-order valence-corrected chi connectivity index (χ3v) is 13.5. The highest BCUT2D eigenvalue weighted by molar-refractivity contribution is 5.98. The van der Waals surface area contributed by atoms with Crippen LogP contribution in [0.1, 0.15) is 121 Å². The lowest BCUT2D eigenvalue weighted by Gasteiger charge is -2.28. The summed E-state index contributed by atoms with van der Waals surface area (Å²) in [6, 6.07) is -2.54. The molecule has 2 rings (SSSR count). The molecule has 0 aliphatic carbocycles. The summed E-state index contributed by atoms with van der Waals surface area (Å²) in [6.07, 6.45) is 6.56. The van der Waals surface area contributed by atoms with Gasteiger partial charge in [-0.2, -0.15) is 0 Å². The van der Waals surface area contributed by atoms with Gasteiger partial charge in [0.15, 0.2) is 17.9 Å². The molecule has 8 atom stereocenters. The van der Waals surface area contributed by atoms with Crippen molar-refractivity contribution in [2.45, 2.75) is 170 Å². The predicted octanol–water partition coefficient (Wildman–Crippen LogP) is -5.41. The fourth-order valence-corrected chi connectivity index (χ4v) is 8.90. The van der Waals surface area contributed by atoms with Gasteiger partial charge in [0.1, 0.15) is 42.3 Å². The Balaban J connectivity index is 2.61. The molecule has 1 heterocycles. The summed E-state index contributed by atoms with van der Waals surface area (Å²) in [6.45, 7) is 1.54. The van der Waals surface area contributed by atoms with E-state index in [1.807, 2.05) is 24.3 Å². The average Bonchev–Trinajstić information content (AvgIpc) is 3.98. The van der Waals surface area contributed by atoms with Crippen molar-refractivity contribution in [3.63, 3.8) is 0 Å². The maximum atomic E-state index is 14.8. The molecule has 0 spiro atoms. The molecule has 472 valence electrons. The van der Waals surface area contributed by atoms with Crippen molar-refractivity contribution in [1.82, 2.24) is 42.2 Å². The molecule has 31 heteroatoms. The van der Waals surface area contributed by atoms with Crippen LogP contribution in [0.5, 0.6) is 0 Å². The van der Waals surface area contributed by atoms with Crippen LogP contribution in [-0.4, -0.2) is 164 Å². The Morgan fingerprint density at radius 1 is 0.393 bits per heavy atom. The number of benzene rings is 1. The van der Waals surface area contributed by atoms with E-state index in [1.54, 1.807) is 6.20 Å². The number of fused-ring (bicyclic) bond motifs is 1. The van der Waals surface area contributed by atoms with Crippen LogP contribution in [-0.2, 0) is 44.8 Å². The van der Waals surface area contributed by atoms with Gasteiger partial charge in [-0.25, -0.2) is 0 Å². The van der Waals surface area contributed by atoms with Gasteiger partial charge in [0, 0.05) is 43.2 Å². The van der Waals surface area contributed by atoms with Crippen molar-refractivity contribution in [2.75, 3.05) is 45.8 Å². The Morgan fingerprint density at radius 2 is 0.702 bits per heavy atom. The van der Waals surface area contributed by atoms with E-state index in [-0.39, 0.29) is 108 Å². The molecule has 0 aliphatic heterocycles. The molecule has 0 unspecified atom stereocenters. The Bertz CT molecular complexity index is 2440. The Morgan fingerprint density at radius 3 is 1.07 bits per heavy atom. The molecule has 1 aromatic carbocycles. The Hall–Kier alpha value is -7.87. The molecule has 2 aromatic rings. The number of para-hydroxylation sites is 1. The third kappa shape index (κ3) is 28.9. The molecule has 0 bridgehead atoms. The normalized spacial score (nSPS) is 13.9. The van der Waals surface area contributed by atoms with Gasteiger partial charge < -0.3 is 111 Å². The van der Waals surface area contributed by atoms with Crippen LogP contribution in [0.3, 0.4) is 0 Å². The number of hydrogen-bond acceptors (Lipinski definition) is 16. The molecule has 0 saturated heterocycles. The van der Waals surface area contributed by atoms with Crippen molar-refractivity contribution >= 4 is 76.0 Å². The lowest BCUT2D eigenvalue weighted by Crippen LogP contribution is -2.60. The first-order valence-corrected chi connectivity index (χ1v) is 28.8. The molecule has 0 saturated carbocycles. The minimum atomic E-state index is -1.39. The number of aromatic nitrogens is 1. The van der Waals surface area contributed by atoms with E-state index in [2.05, 4.69) is 57.2 Å². The number of nitrogens with one attached hydrogen (secondary N) is 8. The number of aliphatic imine (C=N–C) groups is 3. The van der Waals surface area contributed by atoms with E-state index in [4.69, 9.17) is 68.8 Å². The zero-order valence-corrected chi connectivity index (χ0v) is 48.4. The quantitative estimate of drug-likeness (QED) is 0.0167. The van der Waals surface area contributed by atoms with E-state index in [1.165, 1.54) is 0 Å². The number of carbonyl (C=O) groups excluding carboxylic acids is 8. The van der Waals surface area contributed by atoms with Crippen LogP contribution in [0.2, 0.25) is 0 Å². The van der Waals surface area contributed by atoms with Crippen molar-refractivity contribution in [2.24, 2.45) is 83.8 Å². The minimum absolute atomic E-state index is 0.0221. The summed E-state index contributed by atoms with van der Waals surface area (Å²) in [5.41, 5.74) is 69.5. The lowest BCUT2D eigenvalue weighted by atomic mass is 10.0. The maximum absolute atomic E-state index is 14.8. The monoisotopic (exact) mass is 1180 g/mol. The topological polar surface area (TPSA) is 586 Å². The van der Waals surface area contributed by atoms with Crippen molar-refractivity contribution in [3.05, 3.63) is 36.0 Å². The number of nitrogens with two attached hydrogens (primary N) is 12. The summed E-state index contributed by atoms with van der Waals surface area (Å²) >= 11 is 0. The van der Waals surface area contributed by atoms with Crippen molar-refractivity contribution in [3.8, 4) is 0 Å². The predicted molar refractivity (Wildman–Crippen MR) is 324 cm³/mol. The first kappa shape index (κ1) is 72.2. The second-order valence-corrected chi connectivity index (χ2v) is 20.5. The first-order chi connectivity index (χ1) is 40.1. The zero-order valence-electron chi connectivity index (χ0n) is 48.4. The largest absolute Gasteiger partial charge is 0.370 e. The van der Waals surface area contributed by atoms with Gasteiger partial charge in [0.2, 0.25) is 47.3 Å². The number of rotatable bonds is 45.